The highest BCUT2D eigenvalue weighted by molar-refractivity contribution is 6.52. The highest BCUT2D eigenvalue weighted by atomic mass is 19.1. The Kier molecular flexibility index (Phi) is 6.69. The summed E-state index contributed by atoms with van der Waals surface area (Å²) in [6.45, 7) is 7.42. The van der Waals surface area contributed by atoms with Crippen molar-refractivity contribution in [1.82, 2.24) is 0 Å². The fourth-order valence-corrected chi connectivity index (χ4v) is 3.00. The Morgan fingerprint density at radius 3 is 2.33 bits per heavy atom. The minimum absolute atomic E-state index is 0.0325. The van der Waals surface area contributed by atoms with E-state index in [-0.39, 0.29) is 17.8 Å². The van der Waals surface area contributed by atoms with Crippen LogP contribution in [-0.2, 0) is 23.7 Å². The predicted octanol–water partition coefficient (Wildman–Crippen LogP) is 2.73. The lowest BCUT2D eigenvalue weighted by atomic mass is 9.96. The second-order valence-electron chi connectivity index (χ2n) is 7.40. The molecule has 3 atom stereocenters. The number of fused-ring (bicyclic) bond motifs is 1. The summed E-state index contributed by atoms with van der Waals surface area (Å²) in [6.07, 6.45) is -1.36. The lowest BCUT2D eigenvalue weighted by molar-refractivity contribution is -0.261. The summed E-state index contributed by atoms with van der Waals surface area (Å²) in [4.78, 5) is 25.8. The number of anilines is 1. The number of hydrogen-bond donors (Lipinski definition) is 0. The molecule has 0 spiro atoms. The maximum absolute atomic E-state index is 13.4. The first-order chi connectivity index (χ1) is 12.6. The van der Waals surface area contributed by atoms with Gasteiger partial charge in [0, 0.05) is 19.6 Å². The van der Waals surface area contributed by atoms with Gasteiger partial charge >= 0.3 is 0 Å². The zero-order valence-corrected chi connectivity index (χ0v) is 16.4. The molecule has 0 fully saturated rings. The van der Waals surface area contributed by atoms with E-state index in [2.05, 4.69) is 0 Å². The van der Waals surface area contributed by atoms with Gasteiger partial charge in [0.1, 0.15) is 5.82 Å². The van der Waals surface area contributed by atoms with Crippen molar-refractivity contribution in [3.63, 3.8) is 0 Å². The topological polar surface area (TPSA) is 74.3 Å². The molecule has 0 saturated carbocycles. The number of ether oxygens (including phenoxy) is 4. The molecule has 0 aliphatic carbocycles. The third kappa shape index (κ3) is 4.52. The van der Waals surface area contributed by atoms with E-state index >= 15 is 0 Å². The number of halogens is 1. The van der Waals surface area contributed by atoms with E-state index in [0.29, 0.717) is 5.69 Å². The number of nitrogens with zero attached hydrogens (tertiary/aromatic N) is 1. The van der Waals surface area contributed by atoms with Crippen LogP contribution in [0.4, 0.5) is 10.1 Å². The van der Waals surface area contributed by atoms with E-state index in [4.69, 9.17) is 18.9 Å². The monoisotopic (exact) mass is 383 g/mol. The van der Waals surface area contributed by atoms with Crippen molar-refractivity contribution in [3.05, 3.63) is 29.6 Å². The van der Waals surface area contributed by atoms with Crippen LogP contribution < -0.4 is 4.90 Å². The second-order valence-corrected chi connectivity index (χ2v) is 7.40. The number of carbonyl (C=O) groups excluding carboxylic acids is 2. The zero-order chi connectivity index (χ0) is 20.4. The highest BCUT2D eigenvalue weighted by Crippen LogP contribution is 2.32. The molecule has 1 aromatic carbocycles. The third-order valence-electron chi connectivity index (χ3n) is 4.28. The number of ketones is 1. The summed E-state index contributed by atoms with van der Waals surface area (Å²) >= 11 is 0. The van der Waals surface area contributed by atoms with Gasteiger partial charge in [0.25, 0.3) is 11.7 Å². The lowest BCUT2D eigenvalue weighted by Gasteiger charge is -2.32. The molecule has 1 aliphatic heterocycles. The maximum Gasteiger partial charge on any atom is 0.299 e. The van der Waals surface area contributed by atoms with E-state index in [9.17, 15) is 14.0 Å². The SMILES string of the molecule is COC(OCOC(OC)C(C)(C)C)C(C)N1C(=O)C(=O)c2cc(F)ccc21. The molecule has 0 saturated heterocycles. The van der Waals surface area contributed by atoms with Gasteiger partial charge in [-0.15, -0.1) is 0 Å². The summed E-state index contributed by atoms with van der Waals surface area (Å²) in [7, 11) is 2.96. The van der Waals surface area contributed by atoms with E-state index in [1.54, 1.807) is 6.92 Å². The van der Waals surface area contributed by atoms with Crippen molar-refractivity contribution < 1.29 is 32.9 Å². The minimum atomic E-state index is -0.866. The Morgan fingerprint density at radius 1 is 1.11 bits per heavy atom. The van der Waals surface area contributed by atoms with Crippen molar-refractivity contribution in [2.45, 2.75) is 46.3 Å². The molecule has 1 aliphatic rings. The average Bonchev–Trinajstić information content (AvgIpc) is 2.84. The number of hydrogen-bond acceptors (Lipinski definition) is 6. The van der Waals surface area contributed by atoms with Crippen LogP contribution in [0.1, 0.15) is 38.1 Å². The Balaban J connectivity index is 2.10. The second kappa shape index (κ2) is 8.43. The summed E-state index contributed by atoms with van der Waals surface area (Å²) in [6, 6.07) is 3.01. The van der Waals surface area contributed by atoms with Gasteiger partial charge < -0.3 is 18.9 Å². The number of amides is 1. The van der Waals surface area contributed by atoms with Gasteiger partial charge in [-0.1, -0.05) is 20.8 Å². The fourth-order valence-electron chi connectivity index (χ4n) is 3.00. The predicted molar refractivity (Wildman–Crippen MR) is 95.8 cm³/mol. The average molecular weight is 383 g/mol. The largest absolute Gasteiger partial charge is 0.355 e. The first-order valence-corrected chi connectivity index (χ1v) is 8.58. The van der Waals surface area contributed by atoms with Crippen LogP contribution in [0, 0.1) is 11.2 Å². The lowest BCUT2D eigenvalue weighted by Crippen LogP contribution is -2.47. The molecule has 27 heavy (non-hydrogen) atoms. The Hall–Kier alpha value is -1.87. The molecule has 7 nitrogen and oxygen atoms in total. The van der Waals surface area contributed by atoms with E-state index < -0.39 is 36.1 Å². The van der Waals surface area contributed by atoms with E-state index in [1.165, 1.54) is 31.3 Å². The highest BCUT2D eigenvalue weighted by Gasteiger charge is 2.41. The third-order valence-corrected chi connectivity index (χ3v) is 4.28. The number of rotatable bonds is 8. The molecule has 0 bridgehead atoms. The quantitative estimate of drug-likeness (QED) is 0.508. The van der Waals surface area contributed by atoms with Crippen LogP contribution >= 0.6 is 0 Å². The summed E-state index contributed by atoms with van der Waals surface area (Å²) in [5, 5.41) is 0. The van der Waals surface area contributed by atoms with Gasteiger partial charge in [0.05, 0.1) is 17.3 Å². The number of Topliss-reactive ketones (excluding diaryl/α,β-unsaturated/α-hetero) is 1. The van der Waals surface area contributed by atoms with Crippen molar-refractivity contribution >= 4 is 17.4 Å². The van der Waals surface area contributed by atoms with E-state index in [1.807, 2.05) is 20.8 Å². The van der Waals surface area contributed by atoms with Gasteiger partial charge in [-0.25, -0.2) is 4.39 Å². The van der Waals surface area contributed by atoms with Gasteiger partial charge in [0.15, 0.2) is 19.4 Å². The zero-order valence-electron chi connectivity index (χ0n) is 16.4. The van der Waals surface area contributed by atoms with E-state index in [0.717, 1.165) is 6.07 Å². The van der Waals surface area contributed by atoms with Crippen LogP contribution in [0.25, 0.3) is 0 Å². The maximum atomic E-state index is 13.4. The van der Waals surface area contributed by atoms with Gasteiger partial charge in [-0.2, -0.15) is 0 Å². The number of benzene rings is 1. The number of carbonyl (C=O) groups is 2. The van der Waals surface area contributed by atoms with Crippen LogP contribution in [0.3, 0.4) is 0 Å². The van der Waals surface area contributed by atoms with Crippen molar-refractivity contribution in [3.8, 4) is 0 Å². The Labute approximate surface area is 158 Å². The van der Waals surface area contributed by atoms with Crippen molar-refractivity contribution in [1.29, 1.82) is 0 Å². The molecule has 1 heterocycles. The molecule has 1 aromatic rings. The Morgan fingerprint density at radius 2 is 1.78 bits per heavy atom. The molecule has 0 aromatic heterocycles. The molecular formula is C19H26FNO6. The molecule has 0 radical (unpaired) electrons. The minimum Gasteiger partial charge on any atom is -0.355 e. The smallest absolute Gasteiger partial charge is 0.299 e. The standard InChI is InChI=1S/C19H26FNO6/c1-11(17(24-5)26-10-27-18(25-6)19(2,3)4)21-14-8-7-12(20)9-13(14)15(22)16(21)23/h7-9,11,17-18H,10H2,1-6H3. The first-order valence-electron chi connectivity index (χ1n) is 8.58. The van der Waals surface area contributed by atoms with Crippen LogP contribution in [0.5, 0.6) is 0 Å². The fraction of sp³-hybridized carbons (Fsp3) is 0.579. The van der Waals surface area contributed by atoms with Gasteiger partial charge in [0.2, 0.25) is 0 Å². The molecule has 0 N–H and O–H groups in total. The summed E-state index contributed by atoms with van der Waals surface area (Å²) in [5.41, 5.74) is 0.104. The molecule has 150 valence electrons. The molecular weight excluding hydrogens is 357 g/mol. The van der Waals surface area contributed by atoms with Crippen LogP contribution in [0.2, 0.25) is 0 Å². The van der Waals surface area contributed by atoms with Gasteiger partial charge in [-0.05, 0) is 25.1 Å². The molecule has 1 amide bonds. The van der Waals surface area contributed by atoms with Gasteiger partial charge in [-0.3, -0.25) is 14.5 Å². The Bertz CT molecular complexity index is 702. The molecule has 3 unspecified atom stereocenters. The van der Waals surface area contributed by atoms with Crippen molar-refractivity contribution in [2.24, 2.45) is 5.41 Å². The van der Waals surface area contributed by atoms with Crippen LogP contribution in [-0.4, -0.2) is 51.3 Å². The molecule has 2 rings (SSSR count). The summed E-state index contributed by atoms with van der Waals surface area (Å²) in [5.74, 6) is -2.08. The first kappa shape index (κ1) is 21.4. The van der Waals surface area contributed by atoms with Crippen LogP contribution in [0.15, 0.2) is 18.2 Å². The van der Waals surface area contributed by atoms with Crippen molar-refractivity contribution in [2.75, 3.05) is 25.9 Å². The normalized spacial score (nSPS) is 17.8. The molecule has 8 heteroatoms. The number of methoxy groups -OCH3 is 2. The summed E-state index contributed by atoms with van der Waals surface area (Å²) < 4.78 is 35.2.